The summed E-state index contributed by atoms with van der Waals surface area (Å²) in [6.45, 7) is 12.1. The Morgan fingerprint density at radius 2 is 1.88 bits per heavy atom. The first-order chi connectivity index (χ1) is 20.5. The molecule has 2 aliphatic rings. The van der Waals surface area contributed by atoms with Crippen molar-refractivity contribution in [3.63, 3.8) is 0 Å². The molecule has 0 radical (unpaired) electrons. The van der Waals surface area contributed by atoms with E-state index >= 15 is 0 Å². The Hall–Kier alpha value is -4.12. The Morgan fingerprint density at radius 3 is 2.56 bits per heavy atom. The summed E-state index contributed by atoms with van der Waals surface area (Å²) < 4.78 is 0. The van der Waals surface area contributed by atoms with E-state index in [-0.39, 0.29) is 35.4 Å². The smallest absolute Gasteiger partial charge is 0.292 e. The van der Waals surface area contributed by atoms with Crippen LogP contribution in [-0.4, -0.2) is 75.8 Å². The van der Waals surface area contributed by atoms with Gasteiger partial charge in [-0.2, -0.15) is 0 Å². The van der Waals surface area contributed by atoms with Crippen molar-refractivity contribution in [3.05, 3.63) is 47.6 Å². The third-order valence-corrected chi connectivity index (χ3v) is 7.38. The van der Waals surface area contributed by atoms with Crippen LogP contribution in [0.5, 0.6) is 0 Å². The molecule has 1 aromatic heterocycles. The predicted molar refractivity (Wildman–Crippen MR) is 166 cm³/mol. The van der Waals surface area contributed by atoms with Gasteiger partial charge in [-0.3, -0.25) is 19.2 Å². The molecule has 2 aromatic rings. The van der Waals surface area contributed by atoms with E-state index in [1.165, 1.54) is 5.06 Å². The van der Waals surface area contributed by atoms with Crippen molar-refractivity contribution in [1.82, 2.24) is 25.2 Å². The fourth-order valence-electron chi connectivity index (χ4n) is 5.13. The number of hydrogen-bond acceptors (Lipinski definition) is 8. The Bertz CT molecular complexity index is 1390. The van der Waals surface area contributed by atoms with Gasteiger partial charge in [-0.05, 0) is 55.7 Å². The minimum absolute atomic E-state index is 0.0483. The number of nitrogens with two attached hydrogens (primary N) is 1. The van der Waals surface area contributed by atoms with Crippen LogP contribution in [0.2, 0.25) is 0 Å². The van der Waals surface area contributed by atoms with Crippen LogP contribution in [-0.2, 0) is 14.4 Å². The molecule has 0 saturated carbocycles. The normalized spacial score (nSPS) is 16.6. The van der Waals surface area contributed by atoms with Gasteiger partial charge in [0.2, 0.25) is 11.7 Å². The molecule has 1 fully saturated rings. The zero-order valence-electron chi connectivity index (χ0n) is 25.9. The molecule has 0 spiro atoms. The van der Waals surface area contributed by atoms with Gasteiger partial charge in [0.1, 0.15) is 11.9 Å². The van der Waals surface area contributed by atoms with E-state index in [1.54, 1.807) is 23.4 Å². The van der Waals surface area contributed by atoms with E-state index in [4.69, 9.17) is 10.6 Å². The summed E-state index contributed by atoms with van der Waals surface area (Å²) in [4.78, 5) is 59.6. The number of benzene rings is 1. The fraction of sp³-hybridized carbons (Fsp3) is 0.500. The highest BCUT2D eigenvalue weighted by atomic mass is 16.7. The first-order valence-electron chi connectivity index (χ1n) is 15.0. The van der Waals surface area contributed by atoms with Crippen molar-refractivity contribution in [2.24, 2.45) is 16.1 Å². The fourth-order valence-corrected chi connectivity index (χ4v) is 5.13. The Kier molecular flexibility index (Phi) is 10.3. The van der Waals surface area contributed by atoms with Crippen LogP contribution in [0, 0.1) is 5.41 Å². The highest BCUT2D eigenvalue weighted by Crippen LogP contribution is 2.32. The zero-order valence-corrected chi connectivity index (χ0v) is 25.9. The molecule has 3 N–H and O–H groups in total. The minimum atomic E-state index is -0.518. The molecule has 3 amide bonds. The van der Waals surface area contributed by atoms with Crippen LogP contribution in [0.25, 0.3) is 17.2 Å². The van der Waals surface area contributed by atoms with E-state index in [9.17, 15) is 14.4 Å². The van der Waals surface area contributed by atoms with E-state index in [1.807, 2.05) is 32.0 Å². The molecule has 1 aromatic carbocycles. The van der Waals surface area contributed by atoms with Gasteiger partial charge in [0.25, 0.3) is 11.8 Å². The lowest BCUT2D eigenvalue weighted by atomic mass is 9.92. The first-order valence-corrected chi connectivity index (χ1v) is 15.0. The maximum atomic E-state index is 13.3. The molecule has 0 aliphatic carbocycles. The largest absolute Gasteiger partial charge is 0.387 e. The molecular weight excluding hydrogens is 546 g/mol. The lowest BCUT2D eigenvalue weighted by molar-refractivity contribution is -0.180. The van der Waals surface area contributed by atoms with Crippen molar-refractivity contribution in [1.29, 1.82) is 0 Å². The second-order valence-electron chi connectivity index (χ2n) is 12.1. The molecule has 4 rings (SSSR count). The van der Waals surface area contributed by atoms with Crippen LogP contribution >= 0.6 is 0 Å². The van der Waals surface area contributed by atoms with Crippen molar-refractivity contribution in [2.75, 3.05) is 26.2 Å². The summed E-state index contributed by atoms with van der Waals surface area (Å²) in [6, 6.07) is 5.10. The topological polar surface area (TPSA) is 143 Å². The molecule has 3 heterocycles. The number of likely N-dealkylation sites (tertiary alicyclic amines) is 1. The Labute approximate surface area is 253 Å². The number of rotatable bonds is 10. The second kappa shape index (κ2) is 13.9. The summed E-state index contributed by atoms with van der Waals surface area (Å²) in [7, 11) is 0. The third kappa shape index (κ3) is 8.04. The van der Waals surface area contributed by atoms with Crippen LogP contribution in [0.1, 0.15) is 82.9 Å². The van der Waals surface area contributed by atoms with Crippen LogP contribution < -0.4 is 11.1 Å². The lowest BCUT2D eigenvalue weighted by Gasteiger charge is -2.24. The van der Waals surface area contributed by atoms with Crippen LogP contribution in [0.4, 0.5) is 5.69 Å². The number of aliphatic imine (C=N–C) groups is 1. The minimum Gasteiger partial charge on any atom is -0.387 e. The number of nitrogens with one attached hydrogen (secondary N) is 1. The number of nitrogens with zero attached hydrogens (tertiary/aromatic N) is 5. The van der Waals surface area contributed by atoms with Gasteiger partial charge < -0.3 is 16.0 Å². The quantitative estimate of drug-likeness (QED) is 0.394. The highest BCUT2D eigenvalue weighted by Gasteiger charge is 2.35. The lowest BCUT2D eigenvalue weighted by Crippen LogP contribution is -2.46. The number of hydrogen-bond donors (Lipinski definition) is 2. The van der Waals surface area contributed by atoms with Gasteiger partial charge in [0.15, 0.2) is 0 Å². The summed E-state index contributed by atoms with van der Waals surface area (Å²) in [5.41, 5.74) is 9.69. The second-order valence-corrected chi connectivity index (χ2v) is 12.1. The predicted octanol–water partition coefficient (Wildman–Crippen LogP) is 4.27. The van der Waals surface area contributed by atoms with Gasteiger partial charge in [-0.25, -0.2) is 20.0 Å². The molecule has 230 valence electrons. The summed E-state index contributed by atoms with van der Waals surface area (Å²) in [6.07, 6.45) is 8.19. The Balaban J connectivity index is 1.49. The average Bonchev–Trinajstić information content (AvgIpc) is 3.39. The summed E-state index contributed by atoms with van der Waals surface area (Å²) in [5.74, 6) is -0.345. The molecule has 1 atom stereocenters. The molecular formula is C32H43N7O4. The van der Waals surface area contributed by atoms with Gasteiger partial charge in [0, 0.05) is 55.1 Å². The SMILES string of the molecule is CCCN(OCC)C(=O)C1=Cc2ccc(-c3cnc(C(=O)N4CCC[C@@H]4C(=O)NCCC(C)(C)C)nc3)cc2N=C(N)C1. The molecule has 1 saturated heterocycles. The van der Waals surface area contributed by atoms with Crippen molar-refractivity contribution in [2.45, 2.75) is 72.8 Å². The first kappa shape index (κ1) is 31.8. The number of carbonyl (C=O) groups is 3. The van der Waals surface area contributed by atoms with E-state index in [2.05, 4.69) is 41.0 Å². The number of amidine groups is 1. The maximum absolute atomic E-state index is 13.3. The van der Waals surface area contributed by atoms with Gasteiger partial charge in [0.05, 0.1) is 12.3 Å². The highest BCUT2D eigenvalue weighted by molar-refractivity contribution is 6.05. The number of hydroxylamine groups is 2. The molecule has 11 nitrogen and oxygen atoms in total. The van der Waals surface area contributed by atoms with Gasteiger partial charge in [-0.15, -0.1) is 0 Å². The molecule has 2 aliphatic heterocycles. The van der Waals surface area contributed by atoms with E-state index in [0.29, 0.717) is 55.3 Å². The van der Waals surface area contributed by atoms with Crippen molar-refractivity contribution in [3.8, 4) is 11.1 Å². The van der Waals surface area contributed by atoms with Crippen LogP contribution in [0.15, 0.2) is 41.2 Å². The van der Waals surface area contributed by atoms with E-state index < -0.39 is 6.04 Å². The molecule has 0 bridgehead atoms. The number of amides is 3. The number of aromatic nitrogens is 2. The summed E-state index contributed by atoms with van der Waals surface area (Å²) in [5, 5.41) is 4.36. The van der Waals surface area contributed by atoms with Crippen LogP contribution in [0.3, 0.4) is 0 Å². The Morgan fingerprint density at radius 1 is 1.14 bits per heavy atom. The van der Waals surface area contributed by atoms with E-state index in [0.717, 1.165) is 30.4 Å². The zero-order chi connectivity index (χ0) is 31.1. The van der Waals surface area contributed by atoms with Crippen molar-refractivity contribution >= 4 is 35.3 Å². The average molecular weight is 590 g/mol. The number of carbonyl (C=O) groups excluding carboxylic acids is 3. The van der Waals surface area contributed by atoms with Gasteiger partial charge >= 0.3 is 0 Å². The number of fused-ring (bicyclic) bond motifs is 1. The third-order valence-electron chi connectivity index (χ3n) is 7.38. The monoisotopic (exact) mass is 589 g/mol. The maximum Gasteiger partial charge on any atom is 0.292 e. The molecule has 0 unspecified atom stereocenters. The standard InChI is InChI=1S/C32H43N7O4/c1-6-14-39(43-7-2)30(41)23-16-22-11-10-21(17-25(22)37-27(33)18-23)24-19-35-28(36-20-24)31(42)38-15-8-9-26(38)29(40)34-13-12-32(3,4)5/h10-11,16-17,19-20,26H,6-9,12-15,18H2,1-5H3,(H2,33,37)(H,34,40)/t26-/m1/s1. The van der Waals surface area contributed by atoms with Crippen molar-refractivity contribution < 1.29 is 19.2 Å². The molecule has 11 heteroatoms. The molecule has 43 heavy (non-hydrogen) atoms. The van der Waals surface area contributed by atoms with Gasteiger partial charge in [-0.1, -0.05) is 39.8 Å². The summed E-state index contributed by atoms with van der Waals surface area (Å²) >= 11 is 0.